The minimum atomic E-state index is 0.760. The van der Waals surface area contributed by atoms with Crippen LogP contribution in [-0.2, 0) is 0 Å². The number of nitrogens with one attached hydrogen (secondary N) is 1. The van der Waals surface area contributed by atoms with Gasteiger partial charge in [0, 0.05) is 35.8 Å². The molecule has 0 spiro atoms. The van der Waals surface area contributed by atoms with E-state index in [0.29, 0.717) is 0 Å². The van der Waals surface area contributed by atoms with Crippen LogP contribution in [0.15, 0.2) is 28.7 Å². The summed E-state index contributed by atoms with van der Waals surface area (Å²) in [4.78, 5) is 5.06. The second-order valence-corrected chi connectivity index (χ2v) is 6.54. The third kappa shape index (κ3) is 4.76. The number of likely N-dealkylation sites (tertiary alicyclic amines) is 1. The normalized spacial score (nSPS) is 19.7. The van der Waals surface area contributed by atoms with E-state index in [4.69, 9.17) is 0 Å². The lowest BCUT2D eigenvalue weighted by atomic mass is 10.2. The third-order valence-corrected chi connectivity index (χ3v) is 4.57. The van der Waals surface area contributed by atoms with Gasteiger partial charge in [0.1, 0.15) is 0 Å². The molecular weight excluding hydrogens is 314 g/mol. The Kier molecular flexibility index (Phi) is 6.33. The zero-order chi connectivity index (χ0) is 14.4. The van der Waals surface area contributed by atoms with Gasteiger partial charge in [-0.1, -0.05) is 28.9 Å². The lowest BCUT2D eigenvalue weighted by Gasteiger charge is -2.27. The summed E-state index contributed by atoms with van der Waals surface area (Å²) in [7, 11) is 2.23. The van der Waals surface area contributed by atoms with Gasteiger partial charge in [-0.25, -0.2) is 0 Å². The van der Waals surface area contributed by atoms with E-state index in [9.17, 15) is 0 Å². The first kappa shape index (κ1) is 15.8. The van der Waals surface area contributed by atoms with E-state index in [0.717, 1.165) is 23.6 Å². The predicted octanol–water partition coefficient (Wildman–Crippen LogP) is 3.28. The Bertz CT molecular complexity index is 410. The Hall–Kier alpha value is -0.580. The fourth-order valence-corrected chi connectivity index (χ4v) is 3.36. The van der Waals surface area contributed by atoms with Gasteiger partial charge in [-0.3, -0.25) is 4.90 Å². The van der Waals surface area contributed by atoms with Crippen molar-refractivity contribution in [2.75, 3.05) is 45.1 Å². The number of benzene rings is 1. The molecule has 1 unspecified atom stereocenters. The van der Waals surface area contributed by atoms with E-state index < -0.39 is 0 Å². The minimum absolute atomic E-state index is 0.760. The van der Waals surface area contributed by atoms with Gasteiger partial charge >= 0.3 is 0 Å². The minimum Gasteiger partial charge on any atom is -0.384 e. The fraction of sp³-hybridized carbons (Fsp3) is 0.625. The van der Waals surface area contributed by atoms with E-state index in [-0.39, 0.29) is 0 Å². The average molecular weight is 340 g/mol. The lowest BCUT2D eigenvalue weighted by molar-refractivity contribution is 0.202. The highest BCUT2D eigenvalue weighted by Crippen LogP contribution is 2.17. The summed E-state index contributed by atoms with van der Waals surface area (Å²) in [6, 6.07) is 9.11. The number of hydrogen-bond acceptors (Lipinski definition) is 3. The van der Waals surface area contributed by atoms with E-state index in [1.165, 1.54) is 38.2 Å². The third-order valence-electron chi connectivity index (χ3n) is 4.07. The highest BCUT2D eigenvalue weighted by atomic mass is 79.9. The second kappa shape index (κ2) is 8.01. The molecule has 1 aliphatic heterocycles. The van der Waals surface area contributed by atoms with Gasteiger partial charge in [-0.2, -0.15) is 0 Å². The van der Waals surface area contributed by atoms with Crippen molar-refractivity contribution >= 4 is 21.6 Å². The fourth-order valence-electron chi connectivity index (χ4n) is 2.96. The Morgan fingerprint density at radius 2 is 2.30 bits per heavy atom. The number of hydrogen-bond donors (Lipinski definition) is 1. The summed E-state index contributed by atoms with van der Waals surface area (Å²) in [5.41, 5.74) is 1.18. The number of halogens is 1. The molecule has 0 aliphatic carbocycles. The molecule has 112 valence electrons. The molecule has 2 rings (SSSR count). The van der Waals surface area contributed by atoms with Gasteiger partial charge in [0.25, 0.3) is 0 Å². The molecule has 1 heterocycles. The molecule has 0 aromatic heterocycles. The van der Waals surface area contributed by atoms with Crippen LogP contribution in [0.5, 0.6) is 0 Å². The topological polar surface area (TPSA) is 18.5 Å². The average Bonchev–Trinajstić information content (AvgIpc) is 2.86. The molecule has 0 amide bonds. The van der Waals surface area contributed by atoms with Gasteiger partial charge in [-0.15, -0.1) is 0 Å². The molecule has 1 aliphatic rings. The van der Waals surface area contributed by atoms with Crippen molar-refractivity contribution in [3.63, 3.8) is 0 Å². The van der Waals surface area contributed by atoms with Gasteiger partial charge in [0.2, 0.25) is 0 Å². The van der Waals surface area contributed by atoms with Crippen LogP contribution in [0, 0.1) is 0 Å². The quantitative estimate of drug-likeness (QED) is 0.822. The first-order valence-corrected chi connectivity index (χ1v) is 8.40. The lowest BCUT2D eigenvalue weighted by Crippen LogP contribution is -2.40. The largest absolute Gasteiger partial charge is 0.384 e. The molecular formula is C16H26BrN3. The predicted molar refractivity (Wildman–Crippen MR) is 90.4 cm³/mol. The maximum atomic E-state index is 3.50. The van der Waals surface area contributed by atoms with Crippen molar-refractivity contribution in [3.8, 4) is 0 Å². The van der Waals surface area contributed by atoms with E-state index in [2.05, 4.69) is 69.3 Å². The summed E-state index contributed by atoms with van der Waals surface area (Å²) in [6.45, 7) is 8.01. The van der Waals surface area contributed by atoms with Crippen LogP contribution in [0.4, 0.5) is 5.69 Å². The van der Waals surface area contributed by atoms with E-state index >= 15 is 0 Å². The van der Waals surface area contributed by atoms with Crippen LogP contribution in [0.25, 0.3) is 0 Å². The Labute approximate surface area is 131 Å². The second-order valence-electron chi connectivity index (χ2n) is 5.62. The molecule has 0 bridgehead atoms. The number of likely N-dealkylation sites (N-methyl/N-ethyl adjacent to an activating group) is 2. The molecule has 3 nitrogen and oxygen atoms in total. The SMILES string of the molecule is CCN1CCCC1CN(C)CCNc1cccc(Br)c1. The van der Waals surface area contributed by atoms with Crippen molar-refractivity contribution in [3.05, 3.63) is 28.7 Å². The Balaban J connectivity index is 1.68. The standard InChI is InChI=1S/C16H26BrN3/c1-3-20-10-5-8-16(20)13-19(2)11-9-18-15-7-4-6-14(17)12-15/h4,6-7,12,16,18H,3,5,8-11,13H2,1-2H3. The molecule has 1 aromatic rings. The van der Waals surface area contributed by atoms with Crippen LogP contribution in [0.3, 0.4) is 0 Å². The van der Waals surface area contributed by atoms with Crippen LogP contribution in [-0.4, -0.2) is 55.6 Å². The van der Waals surface area contributed by atoms with Gasteiger partial charge < -0.3 is 10.2 Å². The summed E-state index contributed by atoms with van der Waals surface area (Å²) < 4.78 is 1.13. The molecule has 1 atom stereocenters. The molecule has 0 radical (unpaired) electrons. The Morgan fingerprint density at radius 1 is 1.45 bits per heavy atom. The number of nitrogens with zero attached hydrogens (tertiary/aromatic N) is 2. The first-order chi connectivity index (χ1) is 9.69. The molecule has 4 heteroatoms. The van der Waals surface area contributed by atoms with Crippen LogP contribution < -0.4 is 5.32 Å². The van der Waals surface area contributed by atoms with Gasteiger partial charge in [0.15, 0.2) is 0 Å². The maximum Gasteiger partial charge on any atom is 0.0351 e. The highest BCUT2D eigenvalue weighted by Gasteiger charge is 2.23. The monoisotopic (exact) mass is 339 g/mol. The number of anilines is 1. The van der Waals surface area contributed by atoms with Crippen molar-refractivity contribution in [2.24, 2.45) is 0 Å². The molecule has 20 heavy (non-hydrogen) atoms. The van der Waals surface area contributed by atoms with Crippen LogP contribution in [0.2, 0.25) is 0 Å². The van der Waals surface area contributed by atoms with Crippen LogP contribution >= 0.6 is 15.9 Å². The summed E-state index contributed by atoms with van der Waals surface area (Å²) in [5, 5.41) is 3.48. The van der Waals surface area contributed by atoms with E-state index in [1.54, 1.807) is 0 Å². The number of rotatable bonds is 7. The zero-order valence-electron chi connectivity index (χ0n) is 12.6. The first-order valence-electron chi connectivity index (χ1n) is 7.61. The van der Waals surface area contributed by atoms with E-state index in [1.807, 2.05) is 0 Å². The van der Waals surface area contributed by atoms with Crippen molar-refractivity contribution in [1.82, 2.24) is 9.80 Å². The van der Waals surface area contributed by atoms with Gasteiger partial charge in [0.05, 0.1) is 0 Å². The zero-order valence-corrected chi connectivity index (χ0v) is 14.2. The van der Waals surface area contributed by atoms with Crippen LogP contribution in [0.1, 0.15) is 19.8 Å². The smallest absolute Gasteiger partial charge is 0.0351 e. The molecule has 0 saturated carbocycles. The summed E-state index contributed by atoms with van der Waals surface area (Å²) in [6.07, 6.45) is 2.72. The Morgan fingerprint density at radius 3 is 3.05 bits per heavy atom. The maximum absolute atomic E-state index is 3.50. The summed E-state index contributed by atoms with van der Waals surface area (Å²) >= 11 is 3.50. The summed E-state index contributed by atoms with van der Waals surface area (Å²) in [5.74, 6) is 0. The van der Waals surface area contributed by atoms with Crippen molar-refractivity contribution in [2.45, 2.75) is 25.8 Å². The molecule has 1 aromatic carbocycles. The van der Waals surface area contributed by atoms with Crippen molar-refractivity contribution < 1.29 is 0 Å². The highest BCUT2D eigenvalue weighted by molar-refractivity contribution is 9.10. The van der Waals surface area contributed by atoms with Gasteiger partial charge in [-0.05, 0) is 51.2 Å². The van der Waals surface area contributed by atoms with Crippen molar-refractivity contribution in [1.29, 1.82) is 0 Å². The molecule has 1 fully saturated rings. The molecule has 1 N–H and O–H groups in total. The molecule has 1 saturated heterocycles.